The molecule has 1 N–H and O–H groups in total. The Labute approximate surface area is 146 Å². The van der Waals surface area contributed by atoms with Crippen molar-refractivity contribution in [3.8, 4) is 11.8 Å². The normalized spacial score (nSPS) is 9.72. The molecule has 6 heteroatoms. The Bertz CT molecular complexity index is 754. The molecule has 0 aliphatic rings. The first kappa shape index (κ1) is 18.0. The highest BCUT2D eigenvalue weighted by Crippen LogP contribution is 2.10. The van der Waals surface area contributed by atoms with Gasteiger partial charge in [0.25, 0.3) is 5.91 Å². The number of hydrogen-bond acceptors (Lipinski definition) is 5. The van der Waals surface area contributed by atoms with Crippen LogP contribution in [0.5, 0.6) is 5.75 Å². The van der Waals surface area contributed by atoms with Gasteiger partial charge in [0, 0.05) is 12.1 Å². The van der Waals surface area contributed by atoms with Crippen LogP contribution in [0.25, 0.3) is 0 Å². The number of ether oxygens (including phenoxy) is 2. The van der Waals surface area contributed by atoms with Crippen LogP contribution in [0.2, 0.25) is 0 Å². The molecule has 0 saturated carbocycles. The molecular formula is C19H18N2O4. The van der Waals surface area contributed by atoms with Crippen LogP contribution in [0.4, 0.5) is 5.69 Å². The summed E-state index contributed by atoms with van der Waals surface area (Å²) in [4.78, 5) is 23.3. The van der Waals surface area contributed by atoms with Crippen LogP contribution in [0.1, 0.15) is 18.4 Å². The van der Waals surface area contributed by atoms with Gasteiger partial charge in [-0.1, -0.05) is 24.3 Å². The predicted octanol–water partition coefficient (Wildman–Crippen LogP) is 2.90. The largest absolute Gasteiger partial charge is 0.494 e. The Morgan fingerprint density at radius 3 is 2.64 bits per heavy atom. The number of amides is 1. The standard InChI is InChI=1S/C19H18N2O4/c20-13-15-6-4-7-16(12-15)21-18(22)14-25-19(23)10-5-11-24-17-8-2-1-3-9-17/h1-4,6-9,12H,5,10-11,14H2,(H,21,22). The molecule has 0 aliphatic carbocycles. The van der Waals surface area contributed by atoms with Gasteiger partial charge in [-0.2, -0.15) is 5.26 Å². The molecule has 0 atom stereocenters. The first-order valence-electron chi connectivity index (χ1n) is 7.81. The Balaban J connectivity index is 1.62. The second-order valence-corrected chi connectivity index (χ2v) is 5.17. The number of hydrogen-bond donors (Lipinski definition) is 1. The summed E-state index contributed by atoms with van der Waals surface area (Å²) in [6, 6.07) is 17.8. The molecule has 0 fully saturated rings. The number of carbonyl (C=O) groups is 2. The van der Waals surface area contributed by atoms with Crippen molar-refractivity contribution in [1.82, 2.24) is 0 Å². The number of carbonyl (C=O) groups excluding carboxylic acids is 2. The molecule has 6 nitrogen and oxygen atoms in total. The third-order valence-corrected chi connectivity index (χ3v) is 3.18. The Hall–Kier alpha value is -3.33. The third kappa shape index (κ3) is 6.75. The number of nitriles is 1. The number of para-hydroxylation sites is 1. The van der Waals surface area contributed by atoms with Crippen molar-refractivity contribution in [3.63, 3.8) is 0 Å². The van der Waals surface area contributed by atoms with Crippen LogP contribution in [0, 0.1) is 11.3 Å². The van der Waals surface area contributed by atoms with E-state index in [0.29, 0.717) is 24.3 Å². The minimum atomic E-state index is -0.461. The maximum atomic E-state index is 11.7. The van der Waals surface area contributed by atoms with Crippen LogP contribution < -0.4 is 10.1 Å². The van der Waals surface area contributed by atoms with E-state index in [1.54, 1.807) is 24.3 Å². The fourth-order valence-corrected chi connectivity index (χ4v) is 2.01. The molecule has 2 rings (SSSR count). The minimum Gasteiger partial charge on any atom is -0.494 e. The van der Waals surface area contributed by atoms with Gasteiger partial charge in [0.2, 0.25) is 0 Å². The zero-order valence-electron chi connectivity index (χ0n) is 13.6. The molecule has 0 radical (unpaired) electrons. The Kier molecular flexibility index (Phi) is 7.01. The van der Waals surface area contributed by atoms with E-state index < -0.39 is 11.9 Å². The van der Waals surface area contributed by atoms with Gasteiger partial charge in [-0.05, 0) is 36.8 Å². The smallest absolute Gasteiger partial charge is 0.306 e. The van der Waals surface area contributed by atoms with E-state index in [9.17, 15) is 9.59 Å². The molecule has 0 aromatic heterocycles. The van der Waals surface area contributed by atoms with Gasteiger partial charge in [-0.15, -0.1) is 0 Å². The summed E-state index contributed by atoms with van der Waals surface area (Å²) in [6.07, 6.45) is 0.670. The van der Waals surface area contributed by atoms with Gasteiger partial charge in [0.15, 0.2) is 6.61 Å². The maximum absolute atomic E-state index is 11.7. The van der Waals surface area contributed by atoms with Gasteiger partial charge < -0.3 is 14.8 Å². The molecule has 0 unspecified atom stereocenters. The highest BCUT2D eigenvalue weighted by atomic mass is 16.5. The van der Waals surface area contributed by atoms with Crippen LogP contribution in [-0.2, 0) is 14.3 Å². The van der Waals surface area contributed by atoms with Crippen molar-refractivity contribution >= 4 is 17.6 Å². The number of anilines is 1. The van der Waals surface area contributed by atoms with Crippen molar-refractivity contribution in [2.75, 3.05) is 18.5 Å². The molecule has 2 aromatic carbocycles. The van der Waals surface area contributed by atoms with Gasteiger partial charge in [-0.25, -0.2) is 0 Å². The van der Waals surface area contributed by atoms with E-state index in [4.69, 9.17) is 14.7 Å². The highest BCUT2D eigenvalue weighted by Gasteiger charge is 2.08. The highest BCUT2D eigenvalue weighted by molar-refractivity contribution is 5.92. The van der Waals surface area contributed by atoms with E-state index in [2.05, 4.69) is 5.32 Å². The maximum Gasteiger partial charge on any atom is 0.306 e. The lowest BCUT2D eigenvalue weighted by atomic mass is 10.2. The van der Waals surface area contributed by atoms with E-state index in [-0.39, 0.29) is 13.0 Å². The van der Waals surface area contributed by atoms with Gasteiger partial charge in [-0.3, -0.25) is 9.59 Å². The lowest BCUT2D eigenvalue weighted by Crippen LogP contribution is -2.21. The molecule has 2 aromatic rings. The van der Waals surface area contributed by atoms with Crippen LogP contribution in [0.15, 0.2) is 54.6 Å². The van der Waals surface area contributed by atoms with Crippen molar-refractivity contribution in [1.29, 1.82) is 5.26 Å². The minimum absolute atomic E-state index is 0.171. The number of rotatable bonds is 8. The van der Waals surface area contributed by atoms with Crippen molar-refractivity contribution < 1.29 is 19.1 Å². The predicted molar refractivity (Wildman–Crippen MR) is 91.9 cm³/mol. The Morgan fingerprint density at radius 1 is 1.08 bits per heavy atom. The monoisotopic (exact) mass is 338 g/mol. The van der Waals surface area contributed by atoms with Gasteiger partial charge in [0.1, 0.15) is 5.75 Å². The number of esters is 1. The topological polar surface area (TPSA) is 88.4 Å². The van der Waals surface area contributed by atoms with Gasteiger partial charge >= 0.3 is 5.97 Å². The summed E-state index contributed by atoms with van der Waals surface area (Å²) < 4.78 is 10.4. The number of nitrogens with one attached hydrogen (secondary N) is 1. The summed E-state index contributed by atoms with van der Waals surface area (Å²) in [6.45, 7) is 0.0292. The average Bonchev–Trinajstić information content (AvgIpc) is 2.64. The molecule has 0 aliphatic heterocycles. The van der Waals surface area contributed by atoms with E-state index in [1.807, 2.05) is 36.4 Å². The first-order chi connectivity index (χ1) is 12.2. The van der Waals surface area contributed by atoms with Crippen LogP contribution in [0.3, 0.4) is 0 Å². The Morgan fingerprint density at radius 2 is 1.88 bits per heavy atom. The summed E-state index contributed by atoms with van der Waals surface area (Å²) in [5.41, 5.74) is 0.921. The van der Waals surface area contributed by atoms with Crippen molar-refractivity contribution in [3.05, 3.63) is 60.2 Å². The first-order valence-corrected chi connectivity index (χ1v) is 7.81. The summed E-state index contributed by atoms with van der Waals surface area (Å²) in [7, 11) is 0. The fraction of sp³-hybridized carbons (Fsp3) is 0.211. The third-order valence-electron chi connectivity index (χ3n) is 3.18. The second kappa shape index (κ2) is 9.73. The van der Waals surface area contributed by atoms with Gasteiger partial charge in [0.05, 0.1) is 18.2 Å². The molecule has 0 bridgehead atoms. The number of nitrogens with zero attached hydrogens (tertiary/aromatic N) is 1. The SMILES string of the molecule is N#Cc1cccc(NC(=O)COC(=O)CCCOc2ccccc2)c1. The van der Waals surface area contributed by atoms with E-state index >= 15 is 0 Å². The lowest BCUT2D eigenvalue weighted by molar-refractivity contribution is -0.147. The quantitative estimate of drug-likeness (QED) is 0.590. The molecule has 0 heterocycles. The number of benzene rings is 2. The molecular weight excluding hydrogens is 320 g/mol. The summed E-state index contributed by atoms with van der Waals surface area (Å²) in [5.74, 6) is -0.170. The molecule has 128 valence electrons. The van der Waals surface area contributed by atoms with Crippen molar-refractivity contribution in [2.24, 2.45) is 0 Å². The second-order valence-electron chi connectivity index (χ2n) is 5.17. The van der Waals surface area contributed by atoms with E-state index in [1.165, 1.54) is 0 Å². The van der Waals surface area contributed by atoms with Crippen LogP contribution in [-0.4, -0.2) is 25.1 Å². The molecule has 1 amide bonds. The van der Waals surface area contributed by atoms with Crippen molar-refractivity contribution in [2.45, 2.75) is 12.8 Å². The summed E-state index contributed by atoms with van der Waals surface area (Å²) >= 11 is 0. The molecule has 25 heavy (non-hydrogen) atoms. The average molecular weight is 338 g/mol. The van der Waals surface area contributed by atoms with Crippen LogP contribution >= 0.6 is 0 Å². The summed E-state index contributed by atoms with van der Waals surface area (Å²) in [5, 5.41) is 11.4. The van der Waals surface area contributed by atoms with E-state index in [0.717, 1.165) is 5.75 Å². The zero-order valence-corrected chi connectivity index (χ0v) is 13.6. The lowest BCUT2D eigenvalue weighted by Gasteiger charge is -2.07. The zero-order chi connectivity index (χ0) is 17.9. The molecule has 0 saturated heterocycles. The molecule has 0 spiro atoms. The fourth-order valence-electron chi connectivity index (χ4n) is 2.01.